The van der Waals surface area contributed by atoms with Gasteiger partial charge in [-0.3, -0.25) is 4.90 Å². The average molecular weight is 252 g/mol. The van der Waals surface area contributed by atoms with Gasteiger partial charge in [-0.25, -0.2) is 0 Å². The summed E-state index contributed by atoms with van der Waals surface area (Å²) in [5.74, 6) is 0.936. The summed E-state index contributed by atoms with van der Waals surface area (Å²) in [6.07, 6.45) is 9.78. The summed E-state index contributed by atoms with van der Waals surface area (Å²) in [6, 6.07) is 0.726. The lowest BCUT2D eigenvalue weighted by atomic mass is 9.69. The predicted octanol–water partition coefficient (Wildman–Crippen LogP) is 3.42. The summed E-state index contributed by atoms with van der Waals surface area (Å²) in [5.41, 5.74) is 0.428. The third-order valence-corrected chi connectivity index (χ3v) is 5.58. The Morgan fingerprint density at radius 1 is 1.06 bits per heavy atom. The topological polar surface area (TPSA) is 15.3 Å². The van der Waals surface area contributed by atoms with Crippen LogP contribution in [0.25, 0.3) is 0 Å². The second-order valence-corrected chi connectivity index (χ2v) is 6.23. The van der Waals surface area contributed by atoms with E-state index in [4.69, 9.17) is 0 Å². The van der Waals surface area contributed by atoms with Gasteiger partial charge in [0.2, 0.25) is 0 Å². The Hall–Kier alpha value is -0.0800. The molecule has 18 heavy (non-hydrogen) atoms. The zero-order chi connectivity index (χ0) is 13.0. The lowest BCUT2D eigenvalue weighted by molar-refractivity contribution is 0.0189. The standard InChI is InChI=1S/C16H32N2/c1-4-16(5-2,18-12-7-8-13-18)15(17-6-3)14-10-9-11-14/h14-15,17H,4-13H2,1-3H3. The number of nitrogens with zero attached hydrogens (tertiary/aromatic N) is 1. The van der Waals surface area contributed by atoms with Crippen LogP contribution in [0.2, 0.25) is 0 Å². The van der Waals surface area contributed by atoms with Gasteiger partial charge < -0.3 is 5.32 Å². The van der Waals surface area contributed by atoms with Crippen molar-refractivity contribution in [1.29, 1.82) is 0 Å². The van der Waals surface area contributed by atoms with Crippen LogP contribution in [0.15, 0.2) is 0 Å². The van der Waals surface area contributed by atoms with E-state index < -0.39 is 0 Å². The van der Waals surface area contributed by atoms with Crippen LogP contribution in [0.5, 0.6) is 0 Å². The normalized spacial score (nSPS) is 24.2. The zero-order valence-corrected chi connectivity index (χ0v) is 12.7. The molecule has 1 N–H and O–H groups in total. The zero-order valence-electron chi connectivity index (χ0n) is 12.7. The summed E-state index contributed by atoms with van der Waals surface area (Å²) >= 11 is 0. The molecule has 0 radical (unpaired) electrons. The lowest BCUT2D eigenvalue weighted by Gasteiger charge is -2.52. The highest BCUT2D eigenvalue weighted by Crippen LogP contribution is 2.41. The molecule has 1 heterocycles. The molecule has 2 fully saturated rings. The van der Waals surface area contributed by atoms with Gasteiger partial charge in [0.1, 0.15) is 0 Å². The monoisotopic (exact) mass is 252 g/mol. The van der Waals surface area contributed by atoms with Crippen LogP contribution in [0.3, 0.4) is 0 Å². The molecule has 2 rings (SSSR count). The third kappa shape index (κ3) is 2.46. The first kappa shape index (κ1) is 14.3. The number of nitrogens with one attached hydrogen (secondary N) is 1. The van der Waals surface area contributed by atoms with E-state index in [0.717, 1.165) is 18.5 Å². The molecular weight excluding hydrogens is 220 g/mol. The van der Waals surface area contributed by atoms with Crippen molar-refractivity contribution in [3.63, 3.8) is 0 Å². The van der Waals surface area contributed by atoms with Crippen molar-refractivity contribution in [2.45, 2.75) is 77.3 Å². The Morgan fingerprint density at radius 2 is 1.67 bits per heavy atom. The minimum absolute atomic E-state index is 0.428. The first-order valence-electron chi connectivity index (χ1n) is 8.27. The van der Waals surface area contributed by atoms with E-state index in [2.05, 4.69) is 31.0 Å². The molecule has 0 bridgehead atoms. The fourth-order valence-electron chi connectivity index (χ4n) is 4.28. The maximum absolute atomic E-state index is 3.86. The van der Waals surface area contributed by atoms with Gasteiger partial charge in [-0.15, -0.1) is 0 Å². The predicted molar refractivity (Wildman–Crippen MR) is 78.9 cm³/mol. The van der Waals surface area contributed by atoms with E-state index in [0.29, 0.717) is 5.54 Å². The fraction of sp³-hybridized carbons (Fsp3) is 1.00. The van der Waals surface area contributed by atoms with E-state index >= 15 is 0 Å². The largest absolute Gasteiger partial charge is 0.312 e. The molecule has 0 aromatic carbocycles. The van der Waals surface area contributed by atoms with Gasteiger partial charge in [0.05, 0.1) is 0 Å². The van der Waals surface area contributed by atoms with Crippen molar-refractivity contribution >= 4 is 0 Å². The summed E-state index contributed by atoms with van der Waals surface area (Å²) in [6.45, 7) is 10.9. The highest BCUT2D eigenvalue weighted by molar-refractivity contribution is 5.04. The van der Waals surface area contributed by atoms with Crippen LogP contribution >= 0.6 is 0 Å². The molecule has 106 valence electrons. The summed E-state index contributed by atoms with van der Waals surface area (Å²) in [7, 11) is 0. The minimum atomic E-state index is 0.428. The van der Waals surface area contributed by atoms with Gasteiger partial charge in [-0.05, 0) is 64.1 Å². The van der Waals surface area contributed by atoms with E-state index in [-0.39, 0.29) is 0 Å². The van der Waals surface area contributed by atoms with Crippen LogP contribution < -0.4 is 5.32 Å². The number of hydrogen-bond donors (Lipinski definition) is 1. The highest BCUT2D eigenvalue weighted by atomic mass is 15.2. The Kier molecular flexibility index (Phi) is 5.08. The second-order valence-electron chi connectivity index (χ2n) is 6.23. The van der Waals surface area contributed by atoms with Crippen LogP contribution in [0, 0.1) is 5.92 Å². The molecule has 1 aliphatic carbocycles. The average Bonchev–Trinajstić information content (AvgIpc) is 2.84. The molecule has 1 saturated heterocycles. The third-order valence-electron chi connectivity index (χ3n) is 5.58. The first-order valence-corrected chi connectivity index (χ1v) is 8.27. The fourth-order valence-corrected chi connectivity index (χ4v) is 4.28. The summed E-state index contributed by atoms with van der Waals surface area (Å²) < 4.78 is 0. The lowest BCUT2D eigenvalue weighted by Crippen LogP contribution is -2.63. The van der Waals surface area contributed by atoms with Crippen LogP contribution in [0.1, 0.15) is 65.7 Å². The van der Waals surface area contributed by atoms with E-state index in [1.54, 1.807) is 0 Å². The van der Waals surface area contributed by atoms with Crippen LogP contribution in [0.4, 0.5) is 0 Å². The number of hydrogen-bond acceptors (Lipinski definition) is 2. The van der Waals surface area contributed by atoms with Crippen molar-refractivity contribution in [2.75, 3.05) is 19.6 Å². The molecule has 1 aliphatic heterocycles. The Bertz CT molecular complexity index is 237. The molecule has 0 aromatic heterocycles. The minimum Gasteiger partial charge on any atom is -0.312 e. The molecule has 0 amide bonds. The Morgan fingerprint density at radius 3 is 2.06 bits per heavy atom. The maximum Gasteiger partial charge on any atom is 0.0359 e. The quantitative estimate of drug-likeness (QED) is 0.747. The van der Waals surface area contributed by atoms with Crippen molar-refractivity contribution in [1.82, 2.24) is 10.2 Å². The van der Waals surface area contributed by atoms with Crippen LogP contribution in [-0.4, -0.2) is 36.1 Å². The van der Waals surface area contributed by atoms with Gasteiger partial charge in [-0.2, -0.15) is 0 Å². The summed E-state index contributed by atoms with van der Waals surface area (Å²) in [4.78, 5) is 2.82. The molecule has 0 aromatic rings. The molecular formula is C16H32N2. The molecule has 1 saturated carbocycles. The molecule has 2 nitrogen and oxygen atoms in total. The maximum atomic E-state index is 3.86. The van der Waals surface area contributed by atoms with E-state index in [1.807, 2.05) is 0 Å². The van der Waals surface area contributed by atoms with Crippen molar-refractivity contribution in [3.05, 3.63) is 0 Å². The van der Waals surface area contributed by atoms with Gasteiger partial charge in [-0.1, -0.05) is 27.2 Å². The van der Waals surface area contributed by atoms with Gasteiger partial charge in [0, 0.05) is 11.6 Å². The van der Waals surface area contributed by atoms with Gasteiger partial charge in [0.15, 0.2) is 0 Å². The Labute approximate surface area is 114 Å². The van der Waals surface area contributed by atoms with E-state index in [1.165, 1.54) is 58.0 Å². The van der Waals surface area contributed by atoms with Crippen LogP contribution in [-0.2, 0) is 0 Å². The van der Waals surface area contributed by atoms with Gasteiger partial charge in [0.25, 0.3) is 0 Å². The molecule has 1 atom stereocenters. The molecule has 2 heteroatoms. The van der Waals surface area contributed by atoms with E-state index in [9.17, 15) is 0 Å². The highest BCUT2D eigenvalue weighted by Gasteiger charge is 2.46. The van der Waals surface area contributed by atoms with Crippen molar-refractivity contribution in [2.24, 2.45) is 5.92 Å². The molecule has 2 aliphatic rings. The number of likely N-dealkylation sites (N-methyl/N-ethyl adjacent to an activating group) is 1. The van der Waals surface area contributed by atoms with Crippen molar-refractivity contribution < 1.29 is 0 Å². The number of likely N-dealkylation sites (tertiary alicyclic amines) is 1. The summed E-state index contributed by atoms with van der Waals surface area (Å²) in [5, 5.41) is 3.86. The van der Waals surface area contributed by atoms with Gasteiger partial charge >= 0.3 is 0 Å². The molecule has 0 spiro atoms. The number of rotatable bonds is 7. The second kappa shape index (κ2) is 6.38. The smallest absolute Gasteiger partial charge is 0.0359 e. The first-order chi connectivity index (χ1) is 8.78. The molecule has 1 unspecified atom stereocenters. The Balaban J connectivity index is 2.17. The SMILES string of the molecule is CCNC(C1CCC1)C(CC)(CC)N1CCCC1. The van der Waals surface area contributed by atoms with Crippen molar-refractivity contribution in [3.8, 4) is 0 Å².